The van der Waals surface area contributed by atoms with Crippen molar-refractivity contribution in [2.24, 2.45) is 23.2 Å². The van der Waals surface area contributed by atoms with Gasteiger partial charge in [-0.05, 0) is 37.0 Å². The molecule has 0 aromatic heterocycles. The molecule has 2 saturated carbocycles. The normalized spacial score (nSPS) is 30.7. The van der Waals surface area contributed by atoms with E-state index >= 15 is 0 Å². The summed E-state index contributed by atoms with van der Waals surface area (Å²) in [6, 6.07) is 0. The number of carbonyl (C=O) groups is 1. The Morgan fingerprint density at radius 3 is 2.87 bits per heavy atom. The zero-order valence-corrected chi connectivity index (χ0v) is 18.5. The SMILES string of the molecule is CCC#CC[C@H](C)[C@H](O)C#C[C@H]1[C@H](O)C[C@]2(C)C/C(=C\COCCCC(=O)O)C[C@H]12. The van der Waals surface area contributed by atoms with Gasteiger partial charge < -0.3 is 20.1 Å². The van der Waals surface area contributed by atoms with Crippen LogP contribution >= 0.6 is 0 Å². The maximum absolute atomic E-state index is 10.6. The fraction of sp³-hybridized carbons (Fsp3) is 0.720. The first-order valence-electron chi connectivity index (χ1n) is 11.1. The van der Waals surface area contributed by atoms with Gasteiger partial charge in [0.05, 0.1) is 12.7 Å². The Kier molecular flexibility index (Phi) is 9.43. The first-order valence-corrected chi connectivity index (χ1v) is 11.1. The first-order chi connectivity index (χ1) is 14.3. The van der Waals surface area contributed by atoms with Gasteiger partial charge in [-0.3, -0.25) is 4.79 Å². The predicted octanol–water partition coefficient (Wildman–Crippen LogP) is 3.40. The highest BCUT2D eigenvalue weighted by atomic mass is 16.5. The quantitative estimate of drug-likeness (QED) is 0.321. The standard InChI is InChI=1S/C25H36O5/c1-4-5-6-8-18(2)22(26)11-10-20-21-15-19(16-25(21,3)17-23(20)27)12-14-30-13-7-9-24(28)29/h12,18,20-23,26-27H,4,7-9,13-17H2,1-3H3,(H,28,29)/b19-12-/t18-,20+,21+,22+,23+,25-/m0/s1. The molecule has 5 heteroatoms. The van der Waals surface area contributed by atoms with Crippen LogP contribution in [0.1, 0.15) is 65.7 Å². The molecule has 0 radical (unpaired) electrons. The fourth-order valence-corrected chi connectivity index (χ4v) is 4.64. The lowest BCUT2D eigenvalue weighted by Gasteiger charge is -2.23. The fourth-order valence-electron chi connectivity index (χ4n) is 4.64. The highest BCUT2D eigenvalue weighted by Crippen LogP contribution is 2.58. The summed E-state index contributed by atoms with van der Waals surface area (Å²) in [5.74, 6) is 11.6. The van der Waals surface area contributed by atoms with Gasteiger partial charge in [0.2, 0.25) is 0 Å². The zero-order valence-electron chi connectivity index (χ0n) is 18.5. The zero-order chi connectivity index (χ0) is 22.1. The summed E-state index contributed by atoms with van der Waals surface area (Å²) in [5, 5.41) is 29.6. The molecule has 0 spiro atoms. The third kappa shape index (κ3) is 6.88. The van der Waals surface area contributed by atoms with Crippen LogP contribution in [0.2, 0.25) is 0 Å². The number of carboxylic acids is 1. The van der Waals surface area contributed by atoms with E-state index < -0.39 is 18.2 Å². The first kappa shape index (κ1) is 24.5. The van der Waals surface area contributed by atoms with Gasteiger partial charge in [0, 0.05) is 37.7 Å². The topological polar surface area (TPSA) is 87.0 Å². The second-order valence-electron chi connectivity index (χ2n) is 9.00. The maximum atomic E-state index is 10.6. The summed E-state index contributed by atoms with van der Waals surface area (Å²) >= 11 is 0. The van der Waals surface area contributed by atoms with Crippen molar-refractivity contribution in [2.45, 2.75) is 77.9 Å². The van der Waals surface area contributed by atoms with Crippen molar-refractivity contribution in [3.05, 3.63) is 11.6 Å². The molecule has 2 rings (SSSR count). The van der Waals surface area contributed by atoms with E-state index in [1.54, 1.807) is 0 Å². The lowest BCUT2D eigenvalue weighted by molar-refractivity contribution is -0.137. The van der Waals surface area contributed by atoms with E-state index in [2.05, 4.69) is 36.7 Å². The lowest BCUT2D eigenvalue weighted by atomic mass is 9.80. The number of ether oxygens (including phenoxy) is 1. The van der Waals surface area contributed by atoms with E-state index in [0.29, 0.717) is 26.1 Å². The molecule has 0 aromatic rings. The maximum Gasteiger partial charge on any atom is 0.303 e. The van der Waals surface area contributed by atoms with E-state index in [1.165, 1.54) is 5.57 Å². The monoisotopic (exact) mass is 416 g/mol. The third-order valence-electron chi connectivity index (χ3n) is 6.36. The van der Waals surface area contributed by atoms with Gasteiger partial charge >= 0.3 is 5.97 Å². The Labute approximate surface area is 180 Å². The Morgan fingerprint density at radius 2 is 2.17 bits per heavy atom. The van der Waals surface area contributed by atoms with Gasteiger partial charge in [-0.25, -0.2) is 0 Å². The number of hydrogen-bond acceptors (Lipinski definition) is 4. The van der Waals surface area contributed by atoms with Gasteiger partial charge in [-0.2, -0.15) is 0 Å². The number of fused-ring (bicyclic) bond motifs is 1. The molecule has 0 unspecified atom stereocenters. The smallest absolute Gasteiger partial charge is 0.303 e. The van der Waals surface area contributed by atoms with Gasteiger partial charge in [0.1, 0.15) is 6.10 Å². The predicted molar refractivity (Wildman–Crippen MR) is 116 cm³/mol. The summed E-state index contributed by atoms with van der Waals surface area (Å²) < 4.78 is 5.53. The summed E-state index contributed by atoms with van der Waals surface area (Å²) in [7, 11) is 0. The Morgan fingerprint density at radius 1 is 1.40 bits per heavy atom. The average molecular weight is 417 g/mol. The van der Waals surface area contributed by atoms with Crippen LogP contribution in [0.15, 0.2) is 11.6 Å². The van der Waals surface area contributed by atoms with Crippen LogP contribution in [-0.4, -0.2) is 46.7 Å². The molecule has 0 aromatic carbocycles. The minimum Gasteiger partial charge on any atom is -0.481 e. The molecule has 30 heavy (non-hydrogen) atoms. The van der Waals surface area contributed by atoms with Crippen molar-refractivity contribution >= 4 is 5.97 Å². The van der Waals surface area contributed by atoms with Crippen LogP contribution in [0, 0.1) is 46.9 Å². The number of aliphatic hydroxyl groups is 2. The largest absolute Gasteiger partial charge is 0.481 e. The molecule has 0 amide bonds. The van der Waals surface area contributed by atoms with Gasteiger partial charge in [-0.1, -0.05) is 44.3 Å². The van der Waals surface area contributed by atoms with Crippen LogP contribution in [0.5, 0.6) is 0 Å². The molecule has 2 aliphatic carbocycles. The van der Waals surface area contributed by atoms with Gasteiger partial charge in [0.25, 0.3) is 0 Å². The molecule has 2 fully saturated rings. The molecular formula is C25H36O5. The van der Waals surface area contributed by atoms with Crippen molar-refractivity contribution in [3.63, 3.8) is 0 Å². The summed E-state index contributed by atoms with van der Waals surface area (Å²) in [5.41, 5.74) is 1.35. The van der Waals surface area contributed by atoms with Crippen molar-refractivity contribution < 1.29 is 24.9 Å². The molecule has 166 valence electrons. The molecule has 0 aliphatic heterocycles. The minimum absolute atomic E-state index is 0.0150. The number of allylic oxidation sites excluding steroid dienone is 1. The van der Waals surface area contributed by atoms with Crippen LogP contribution in [0.25, 0.3) is 0 Å². The van der Waals surface area contributed by atoms with E-state index in [0.717, 1.165) is 25.7 Å². The van der Waals surface area contributed by atoms with Crippen molar-refractivity contribution in [1.82, 2.24) is 0 Å². The molecule has 0 bridgehead atoms. The second-order valence-corrected chi connectivity index (χ2v) is 9.00. The van der Waals surface area contributed by atoms with Crippen molar-refractivity contribution in [2.75, 3.05) is 13.2 Å². The van der Waals surface area contributed by atoms with Crippen molar-refractivity contribution in [1.29, 1.82) is 0 Å². The number of aliphatic hydroxyl groups excluding tert-OH is 2. The Balaban J connectivity index is 1.91. The number of aliphatic carboxylic acids is 1. The molecule has 6 atom stereocenters. The van der Waals surface area contributed by atoms with Crippen LogP contribution in [-0.2, 0) is 9.53 Å². The minimum atomic E-state index is -0.799. The third-order valence-corrected chi connectivity index (χ3v) is 6.36. The molecule has 3 N–H and O–H groups in total. The Bertz CT molecular complexity index is 734. The van der Waals surface area contributed by atoms with Gasteiger partial charge in [-0.15, -0.1) is 11.8 Å². The average Bonchev–Trinajstić information content (AvgIpc) is 3.11. The highest BCUT2D eigenvalue weighted by molar-refractivity contribution is 5.66. The van der Waals surface area contributed by atoms with E-state index in [9.17, 15) is 15.0 Å². The van der Waals surface area contributed by atoms with Gasteiger partial charge in [0.15, 0.2) is 0 Å². The number of hydrogen-bond donors (Lipinski definition) is 3. The molecule has 2 aliphatic rings. The summed E-state index contributed by atoms with van der Waals surface area (Å²) in [6.45, 7) is 7.11. The van der Waals surface area contributed by atoms with Crippen LogP contribution in [0.3, 0.4) is 0 Å². The lowest BCUT2D eigenvalue weighted by Crippen LogP contribution is -2.21. The van der Waals surface area contributed by atoms with Crippen LogP contribution in [0.4, 0.5) is 0 Å². The second kappa shape index (κ2) is 11.6. The summed E-state index contributed by atoms with van der Waals surface area (Å²) in [6.07, 6.45) is 5.54. The summed E-state index contributed by atoms with van der Waals surface area (Å²) in [4.78, 5) is 10.5. The molecule has 0 heterocycles. The molecule has 0 saturated heterocycles. The van der Waals surface area contributed by atoms with Crippen molar-refractivity contribution in [3.8, 4) is 23.7 Å². The number of rotatable bonds is 8. The number of carboxylic acid groups (broad SMARTS) is 1. The van der Waals surface area contributed by atoms with E-state index in [-0.39, 0.29) is 29.6 Å². The molecule has 5 nitrogen and oxygen atoms in total. The molecular weight excluding hydrogens is 380 g/mol. The highest BCUT2D eigenvalue weighted by Gasteiger charge is 2.53. The Hall–Kier alpha value is -1.79. The van der Waals surface area contributed by atoms with Crippen LogP contribution < -0.4 is 0 Å². The van der Waals surface area contributed by atoms with E-state index in [1.807, 2.05) is 13.8 Å². The van der Waals surface area contributed by atoms with E-state index in [4.69, 9.17) is 9.84 Å².